The number of hydrogen-bond acceptors (Lipinski definition) is 3. The van der Waals surface area contributed by atoms with Crippen LogP contribution in [0, 0.1) is 0 Å². The Kier molecular flexibility index (Phi) is 5.30. The molecule has 0 aromatic heterocycles. The number of nitrogens with one attached hydrogen (secondary N) is 1. The van der Waals surface area contributed by atoms with Crippen LogP contribution in [-0.4, -0.2) is 24.7 Å². The summed E-state index contributed by atoms with van der Waals surface area (Å²) in [5.41, 5.74) is 3.13. The number of nitrogens with zero attached hydrogens (tertiary/aromatic N) is 1. The Morgan fingerprint density at radius 3 is 2.48 bits per heavy atom. The number of ether oxygens (including phenoxy) is 1. The molecule has 1 amide bonds. The van der Waals surface area contributed by atoms with Gasteiger partial charge in [-0.3, -0.25) is 4.90 Å². The van der Waals surface area contributed by atoms with Gasteiger partial charge in [0, 0.05) is 0 Å². The molecular weight excluding hydrogens is 336 g/mol. The first kappa shape index (κ1) is 17.8. The Morgan fingerprint density at radius 2 is 1.72 bits per heavy atom. The fraction of sp³-hybridized carbons (Fsp3) is 0.350. The van der Waals surface area contributed by atoms with Crippen LogP contribution in [0.15, 0.2) is 54.6 Å². The van der Waals surface area contributed by atoms with Gasteiger partial charge in [0.05, 0.1) is 11.2 Å². The first-order valence-corrected chi connectivity index (χ1v) is 8.58. The second kappa shape index (κ2) is 7.46. The van der Waals surface area contributed by atoms with Gasteiger partial charge < -0.3 is 10.1 Å². The summed E-state index contributed by atoms with van der Waals surface area (Å²) in [7, 11) is 0. The fourth-order valence-corrected chi connectivity index (χ4v) is 3.94. The van der Waals surface area contributed by atoms with Crippen LogP contribution in [-0.2, 0) is 17.8 Å². The summed E-state index contributed by atoms with van der Waals surface area (Å²) in [5.74, 6) is 0. The van der Waals surface area contributed by atoms with Crippen molar-refractivity contribution >= 4 is 24.2 Å². The van der Waals surface area contributed by atoms with Crippen molar-refractivity contribution < 1.29 is 9.53 Å². The van der Waals surface area contributed by atoms with Crippen LogP contribution in [0.5, 0.6) is 0 Å². The van der Waals surface area contributed by atoms with Crippen molar-refractivity contribution in [1.29, 1.82) is 0 Å². The molecule has 2 aliphatic heterocycles. The van der Waals surface area contributed by atoms with Crippen LogP contribution in [0.4, 0.5) is 10.5 Å². The van der Waals surface area contributed by atoms with E-state index in [0.29, 0.717) is 6.61 Å². The van der Waals surface area contributed by atoms with Crippen molar-refractivity contribution in [3.63, 3.8) is 0 Å². The number of para-hydroxylation sites is 1. The molecule has 25 heavy (non-hydrogen) atoms. The third-order valence-electron chi connectivity index (χ3n) is 5.15. The number of amides is 1. The number of carbonyl (C=O) groups is 1. The minimum atomic E-state index is -0.231. The molecule has 1 spiro atoms. The highest BCUT2D eigenvalue weighted by Gasteiger charge is 2.47. The zero-order valence-electron chi connectivity index (χ0n) is 14.1. The number of benzene rings is 2. The highest BCUT2D eigenvalue weighted by molar-refractivity contribution is 5.92. The van der Waals surface area contributed by atoms with Crippen LogP contribution >= 0.6 is 12.4 Å². The predicted molar refractivity (Wildman–Crippen MR) is 101 cm³/mol. The fourth-order valence-electron chi connectivity index (χ4n) is 3.94. The smallest absolute Gasteiger partial charge is 0.415 e. The number of hydrogen-bond donors (Lipinski definition) is 1. The van der Waals surface area contributed by atoms with Gasteiger partial charge >= 0.3 is 6.09 Å². The van der Waals surface area contributed by atoms with Crippen LogP contribution in [0.3, 0.4) is 0 Å². The summed E-state index contributed by atoms with van der Waals surface area (Å²) in [6.45, 7) is 2.19. The topological polar surface area (TPSA) is 41.6 Å². The Hall–Kier alpha value is -2.04. The Bertz CT molecular complexity index is 729. The highest BCUT2D eigenvalue weighted by atomic mass is 35.5. The van der Waals surface area contributed by atoms with Crippen molar-refractivity contribution in [3.8, 4) is 0 Å². The predicted octanol–water partition coefficient (Wildman–Crippen LogP) is 3.93. The first-order chi connectivity index (χ1) is 11.8. The minimum absolute atomic E-state index is 0. The van der Waals surface area contributed by atoms with E-state index in [-0.39, 0.29) is 24.0 Å². The number of halogens is 1. The molecule has 0 bridgehead atoms. The van der Waals surface area contributed by atoms with Gasteiger partial charge in [0.2, 0.25) is 0 Å². The lowest BCUT2D eigenvalue weighted by atomic mass is 9.85. The summed E-state index contributed by atoms with van der Waals surface area (Å²) in [6.07, 6.45) is 2.61. The van der Waals surface area contributed by atoms with E-state index in [1.165, 1.54) is 5.56 Å². The number of anilines is 1. The van der Waals surface area contributed by atoms with E-state index in [2.05, 4.69) is 11.4 Å². The van der Waals surface area contributed by atoms with Crippen LogP contribution < -0.4 is 10.2 Å². The molecule has 0 unspecified atom stereocenters. The van der Waals surface area contributed by atoms with Gasteiger partial charge in [-0.05, 0) is 49.5 Å². The minimum Gasteiger partial charge on any atom is -0.444 e. The summed E-state index contributed by atoms with van der Waals surface area (Å²) < 4.78 is 5.66. The molecule has 2 aromatic carbocycles. The SMILES string of the molecule is Cl.O=C(OCc1ccccc1)N1c2ccccc2CC12CCNCC2. The van der Waals surface area contributed by atoms with Crippen LogP contribution in [0.1, 0.15) is 24.0 Å². The molecule has 5 heteroatoms. The average Bonchev–Trinajstić information content (AvgIpc) is 2.94. The van der Waals surface area contributed by atoms with Crippen molar-refractivity contribution in [2.45, 2.75) is 31.4 Å². The second-order valence-electron chi connectivity index (χ2n) is 6.66. The van der Waals surface area contributed by atoms with E-state index in [1.54, 1.807) is 0 Å². The molecule has 4 rings (SSSR count). The zero-order valence-corrected chi connectivity index (χ0v) is 14.9. The Morgan fingerprint density at radius 1 is 1.04 bits per heavy atom. The Balaban J connectivity index is 0.00000182. The monoisotopic (exact) mass is 358 g/mol. The molecule has 1 N–H and O–H groups in total. The molecule has 2 aromatic rings. The van der Waals surface area contributed by atoms with Gasteiger partial charge in [-0.25, -0.2) is 4.79 Å². The summed E-state index contributed by atoms with van der Waals surface area (Å²) in [5, 5.41) is 3.40. The lowest BCUT2D eigenvalue weighted by Gasteiger charge is -2.41. The van der Waals surface area contributed by atoms with Crippen molar-refractivity contribution in [1.82, 2.24) is 5.32 Å². The van der Waals surface area contributed by atoms with Gasteiger partial charge in [-0.15, -0.1) is 12.4 Å². The van der Waals surface area contributed by atoms with E-state index >= 15 is 0 Å². The number of fused-ring (bicyclic) bond motifs is 1. The molecule has 132 valence electrons. The maximum Gasteiger partial charge on any atom is 0.415 e. The van der Waals surface area contributed by atoms with E-state index in [1.807, 2.05) is 53.4 Å². The zero-order chi connectivity index (χ0) is 16.4. The standard InChI is InChI=1S/C20H22N2O2.ClH/c23-19(24-15-16-6-2-1-3-7-16)22-18-9-5-4-8-17(18)14-20(22)10-12-21-13-11-20;/h1-9,21H,10-15H2;1H. The van der Waals surface area contributed by atoms with E-state index in [4.69, 9.17) is 4.74 Å². The van der Waals surface area contributed by atoms with Gasteiger partial charge in [-0.1, -0.05) is 48.5 Å². The number of piperidine rings is 1. The highest BCUT2D eigenvalue weighted by Crippen LogP contribution is 2.43. The normalized spacial score (nSPS) is 17.7. The van der Waals surface area contributed by atoms with E-state index in [0.717, 1.165) is 43.6 Å². The molecule has 1 fully saturated rings. The largest absolute Gasteiger partial charge is 0.444 e. The summed E-state index contributed by atoms with van der Waals surface area (Å²) in [6, 6.07) is 18.1. The summed E-state index contributed by atoms with van der Waals surface area (Å²) >= 11 is 0. The third kappa shape index (κ3) is 3.37. The molecular formula is C20H23ClN2O2. The maximum absolute atomic E-state index is 12.9. The quantitative estimate of drug-likeness (QED) is 0.884. The van der Waals surface area contributed by atoms with E-state index < -0.39 is 0 Å². The molecule has 1 saturated heterocycles. The second-order valence-corrected chi connectivity index (χ2v) is 6.66. The summed E-state index contributed by atoms with van der Waals surface area (Å²) in [4.78, 5) is 14.9. The number of rotatable bonds is 2. The molecule has 4 nitrogen and oxygen atoms in total. The third-order valence-corrected chi connectivity index (χ3v) is 5.15. The Labute approximate surface area is 154 Å². The van der Waals surface area contributed by atoms with Crippen LogP contribution in [0.2, 0.25) is 0 Å². The lowest BCUT2D eigenvalue weighted by molar-refractivity contribution is 0.136. The van der Waals surface area contributed by atoms with Crippen molar-refractivity contribution in [2.24, 2.45) is 0 Å². The van der Waals surface area contributed by atoms with Gasteiger partial charge in [-0.2, -0.15) is 0 Å². The lowest BCUT2D eigenvalue weighted by Crippen LogP contribution is -2.55. The average molecular weight is 359 g/mol. The van der Waals surface area contributed by atoms with Gasteiger partial charge in [0.25, 0.3) is 0 Å². The van der Waals surface area contributed by atoms with Gasteiger partial charge in [0.15, 0.2) is 0 Å². The molecule has 2 heterocycles. The molecule has 0 aliphatic carbocycles. The first-order valence-electron chi connectivity index (χ1n) is 8.58. The molecule has 2 aliphatic rings. The number of carbonyl (C=O) groups excluding carboxylic acids is 1. The maximum atomic E-state index is 12.9. The van der Waals surface area contributed by atoms with Gasteiger partial charge in [0.1, 0.15) is 6.61 Å². The van der Waals surface area contributed by atoms with Crippen LogP contribution in [0.25, 0.3) is 0 Å². The molecule has 0 atom stereocenters. The molecule has 0 radical (unpaired) electrons. The van der Waals surface area contributed by atoms with Crippen molar-refractivity contribution in [2.75, 3.05) is 18.0 Å². The van der Waals surface area contributed by atoms with E-state index in [9.17, 15) is 4.79 Å². The molecule has 0 saturated carbocycles. The van der Waals surface area contributed by atoms with Crippen molar-refractivity contribution in [3.05, 3.63) is 65.7 Å².